The molecule has 1 fully saturated rings. The number of nitrogens with zero attached hydrogens (tertiary/aromatic N) is 3. The number of rotatable bonds is 9. The second kappa shape index (κ2) is 8.23. The Morgan fingerprint density at radius 2 is 2.03 bits per heavy atom. The first-order valence-corrected chi connectivity index (χ1v) is 9.36. The number of oxime groups is 1. The average molecular weight is 443 g/mol. The van der Waals surface area contributed by atoms with Gasteiger partial charge in [0, 0.05) is 5.38 Å². The van der Waals surface area contributed by atoms with Crippen LogP contribution in [0.25, 0.3) is 0 Å². The Balaban J connectivity index is 2.18. The van der Waals surface area contributed by atoms with Gasteiger partial charge in [0.25, 0.3) is 11.8 Å². The number of thiazole rings is 1. The molecule has 0 saturated carbocycles. The molecule has 13 nitrogen and oxygen atoms in total. The fourth-order valence-electron chi connectivity index (χ4n) is 2.38. The van der Waals surface area contributed by atoms with E-state index >= 15 is 0 Å². The van der Waals surface area contributed by atoms with Gasteiger partial charge in [-0.25, -0.2) is 19.6 Å². The summed E-state index contributed by atoms with van der Waals surface area (Å²) < 4.78 is 0. The predicted molar refractivity (Wildman–Crippen MR) is 102 cm³/mol. The van der Waals surface area contributed by atoms with Crippen LogP contribution in [0.15, 0.2) is 10.5 Å². The smallest absolute Gasteiger partial charge is 0.344 e. The molecule has 1 unspecified atom stereocenters. The largest absolute Gasteiger partial charge is 0.479 e. The summed E-state index contributed by atoms with van der Waals surface area (Å²) in [6.45, 7) is 4.89. The van der Waals surface area contributed by atoms with Crippen LogP contribution in [0.5, 0.6) is 0 Å². The quantitative estimate of drug-likeness (QED) is 0.218. The first kappa shape index (κ1) is 23.0. The Hall–Kier alpha value is -3.26. The normalized spacial score (nSPS) is 18.5. The fraction of sp³-hybridized carbons (Fsp3) is 0.500. The number of aliphatic carboxylic acids is 2. The van der Waals surface area contributed by atoms with Gasteiger partial charge >= 0.3 is 11.9 Å². The van der Waals surface area contributed by atoms with E-state index in [0.717, 1.165) is 16.4 Å². The highest BCUT2D eigenvalue weighted by Gasteiger charge is 2.58. The third-order valence-corrected chi connectivity index (χ3v) is 4.78. The summed E-state index contributed by atoms with van der Waals surface area (Å²) >= 11 is 1.02. The molecule has 0 bridgehead atoms. The van der Waals surface area contributed by atoms with Crippen LogP contribution in [0.2, 0.25) is 0 Å². The number of carboxylic acid groups (broad SMARTS) is 2. The van der Waals surface area contributed by atoms with Gasteiger partial charge in [0.15, 0.2) is 16.4 Å². The Labute approximate surface area is 174 Å². The lowest BCUT2D eigenvalue weighted by Crippen LogP contribution is -2.77. The summed E-state index contributed by atoms with van der Waals surface area (Å²) in [6, 6.07) is -1.07. The van der Waals surface area contributed by atoms with Crippen molar-refractivity contribution in [3.63, 3.8) is 0 Å². The van der Waals surface area contributed by atoms with E-state index in [9.17, 15) is 24.3 Å². The van der Waals surface area contributed by atoms with Crippen molar-refractivity contribution in [2.45, 2.75) is 44.9 Å². The van der Waals surface area contributed by atoms with Crippen LogP contribution in [0.3, 0.4) is 0 Å². The molecule has 2 rings (SSSR count). The highest BCUT2D eigenvalue weighted by molar-refractivity contribution is 7.13. The molecule has 1 aromatic heterocycles. The molecule has 0 aliphatic carbocycles. The highest BCUT2D eigenvalue weighted by atomic mass is 32.1. The second-order valence-corrected chi connectivity index (χ2v) is 8.17. The van der Waals surface area contributed by atoms with Crippen molar-refractivity contribution in [3.8, 4) is 0 Å². The molecular weight excluding hydrogens is 422 g/mol. The van der Waals surface area contributed by atoms with Crippen LogP contribution in [-0.4, -0.2) is 73.5 Å². The van der Waals surface area contributed by atoms with Crippen molar-refractivity contribution >= 4 is 45.9 Å². The number of hydrogen-bond acceptors (Lipinski definition) is 10. The fourth-order valence-corrected chi connectivity index (χ4v) is 2.92. The zero-order valence-corrected chi connectivity index (χ0v) is 17.3. The molecule has 1 aliphatic rings. The number of nitrogens with one attached hydrogen (secondary N) is 1. The number of amides is 2. The van der Waals surface area contributed by atoms with Gasteiger partial charge in [-0.15, -0.1) is 11.3 Å². The number of nitrogen functional groups attached to an aromatic ring is 1. The zero-order valence-electron chi connectivity index (χ0n) is 16.5. The summed E-state index contributed by atoms with van der Waals surface area (Å²) in [4.78, 5) is 60.9. The topological polar surface area (TPSA) is 194 Å². The van der Waals surface area contributed by atoms with Gasteiger partial charge in [0.05, 0.1) is 5.54 Å². The number of hydrogen-bond donors (Lipinski definition) is 4. The van der Waals surface area contributed by atoms with E-state index in [2.05, 4.69) is 20.3 Å². The standard InChI is InChI=1S/C16H21N5O8S/c1-15(2)10(12(25)21(15)29-16(3,4)13(26)27)19-11(24)9(20-28-5-8(22)23)7-6-30-14(17)18-7/h6,10H,5H2,1-4H3,(H2,17,18)(H,19,24)(H,22,23)(H,26,27). The van der Waals surface area contributed by atoms with Gasteiger partial charge in [-0.2, -0.15) is 0 Å². The number of β-lactam (4-membered cyclic amide) rings is 1. The van der Waals surface area contributed by atoms with Gasteiger partial charge in [-0.05, 0) is 27.7 Å². The van der Waals surface area contributed by atoms with Crippen molar-refractivity contribution < 1.29 is 39.1 Å². The van der Waals surface area contributed by atoms with Crippen molar-refractivity contribution in [2.75, 3.05) is 12.3 Å². The molecule has 0 spiro atoms. The molecule has 14 heteroatoms. The maximum absolute atomic E-state index is 12.7. The minimum Gasteiger partial charge on any atom is -0.479 e. The van der Waals surface area contributed by atoms with Crippen LogP contribution < -0.4 is 11.1 Å². The lowest BCUT2D eigenvalue weighted by Gasteiger charge is -2.53. The molecule has 5 N–H and O–H groups in total. The number of hydroxylamine groups is 2. The number of nitrogens with two attached hydrogens (primary N) is 1. The first-order chi connectivity index (χ1) is 13.8. The Morgan fingerprint density at radius 3 is 2.50 bits per heavy atom. The molecule has 1 aliphatic heterocycles. The molecular formula is C16H21N5O8S. The highest BCUT2D eigenvalue weighted by Crippen LogP contribution is 2.34. The minimum atomic E-state index is -1.67. The number of anilines is 1. The monoisotopic (exact) mass is 443 g/mol. The SMILES string of the molecule is CC(C)(ON1C(=O)C(NC(=O)C(=NOCC(=O)O)c2csc(N)n2)C1(C)C)C(=O)O. The Morgan fingerprint density at radius 1 is 1.40 bits per heavy atom. The molecule has 1 saturated heterocycles. The first-order valence-electron chi connectivity index (χ1n) is 8.48. The minimum absolute atomic E-state index is 0.0325. The molecule has 1 atom stereocenters. The van der Waals surface area contributed by atoms with Gasteiger partial charge in [0.1, 0.15) is 11.7 Å². The van der Waals surface area contributed by atoms with Crippen LogP contribution in [0.4, 0.5) is 5.13 Å². The van der Waals surface area contributed by atoms with Crippen LogP contribution in [0, 0.1) is 0 Å². The number of carboxylic acids is 2. The zero-order chi connectivity index (χ0) is 22.9. The van der Waals surface area contributed by atoms with E-state index in [-0.39, 0.29) is 16.5 Å². The summed E-state index contributed by atoms with van der Waals surface area (Å²) in [5.74, 6) is -4.12. The molecule has 1 aromatic rings. The number of carbonyl (C=O) groups is 4. The summed E-state index contributed by atoms with van der Waals surface area (Å²) in [5, 5.41) is 26.2. The summed E-state index contributed by atoms with van der Waals surface area (Å²) in [7, 11) is 0. The van der Waals surface area contributed by atoms with E-state index in [1.807, 2.05) is 0 Å². The third-order valence-electron chi connectivity index (χ3n) is 4.11. The van der Waals surface area contributed by atoms with E-state index in [0.29, 0.717) is 0 Å². The van der Waals surface area contributed by atoms with E-state index in [1.165, 1.54) is 19.2 Å². The lowest BCUT2D eigenvalue weighted by molar-refractivity contribution is -0.295. The van der Waals surface area contributed by atoms with Crippen molar-refractivity contribution in [1.82, 2.24) is 15.4 Å². The molecule has 0 aromatic carbocycles. The maximum Gasteiger partial charge on any atom is 0.344 e. The molecule has 30 heavy (non-hydrogen) atoms. The van der Waals surface area contributed by atoms with Gasteiger partial charge in [0.2, 0.25) is 6.61 Å². The molecule has 164 valence electrons. The Kier molecular flexibility index (Phi) is 6.32. The Bertz CT molecular complexity index is 909. The summed E-state index contributed by atoms with van der Waals surface area (Å²) in [5.41, 5.74) is 2.46. The van der Waals surface area contributed by atoms with Crippen LogP contribution in [-0.2, 0) is 28.9 Å². The molecule has 2 amide bonds. The van der Waals surface area contributed by atoms with E-state index in [1.54, 1.807) is 13.8 Å². The second-order valence-electron chi connectivity index (χ2n) is 7.28. The van der Waals surface area contributed by atoms with Gasteiger partial charge in [-0.1, -0.05) is 5.16 Å². The maximum atomic E-state index is 12.7. The van der Waals surface area contributed by atoms with Crippen molar-refractivity contribution in [3.05, 3.63) is 11.1 Å². The molecule has 2 heterocycles. The number of aromatic nitrogens is 1. The van der Waals surface area contributed by atoms with Crippen molar-refractivity contribution in [2.24, 2.45) is 5.16 Å². The van der Waals surface area contributed by atoms with E-state index < -0.39 is 47.5 Å². The van der Waals surface area contributed by atoms with Crippen molar-refractivity contribution in [1.29, 1.82) is 0 Å². The van der Waals surface area contributed by atoms with Crippen LogP contribution in [0.1, 0.15) is 33.4 Å². The predicted octanol–water partition coefficient (Wildman–Crippen LogP) is -0.569. The average Bonchev–Trinajstić information content (AvgIpc) is 3.06. The molecule has 0 radical (unpaired) electrons. The van der Waals surface area contributed by atoms with Gasteiger partial charge in [-0.3, -0.25) is 14.4 Å². The van der Waals surface area contributed by atoms with E-state index in [4.69, 9.17) is 15.7 Å². The summed E-state index contributed by atoms with van der Waals surface area (Å²) in [6.07, 6.45) is 0. The third kappa shape index (κ3) is 4.65. The lowest BCUT2D eigenvalue weighted by atomic mass is 9.84. The van der Waals surface area contributed by atoms with Gasteiger partial charge < -0.3 is 26.1 Å². The van der Waals surface area contributed by atoms with Crippen LogP contribution >= 0.6 is 11.3 Å². The number of carbonyl (C=O) groups excluding carboxylic acids is 2.